The first kappa shape index (κ1) is 8.82. The molecular formula is GeO2Se-2. The van der Waals surface area contributed by atoms with Crippen molar-refractivity contribution in [2.24, 2.45) is 0 Å². The van der Waals surface area contributed by atoms with Gasteiger partial charge in [-0.1, -0.05) is 0 Å². The minimum absolute atomic E-state index is 0. The smallest absolute Gasteiger partial charge is 1.00 e. The minimum Gasteiger partial charge on any atom is -1.00 e. The standard InChI is InChI=1S/GeO2.Se/c2-1-3;/q2*-1. The van der Waals surface area contributed by atoms with E-state index < -0.39 is 15.7 Å². The first-order valence-electron chi connectivity index (χ1n) is 0.408. The Balaban J connectivity index is 0. The van der Waals surface area contributed by atoms with Gasteiger partial charge in [-0.25, -0.2) is 0 Å². The van der Waals surface area contributed by atoms with Crippen LogP contribution in [0.25, 0.3) is 0 Å². The van der Waals surface area contributed by atoms with Crippen LogP contribution >= 0.6 is 0 Å². The third kappa shape index (κ3) is 16.8. The average Bonchev–Trinajstić information content (AvgIpc) is 0.918. The van der Waals surface area contributed by atoms with Crippen LogP contribution in [-0.2, 0) is 3.78 Å². The largest absolute Gasteiger partial charge is 1.00 e. The van der Waals surface area contributed by atoms with Crippen LogP contribution in [0.2, 0.25) is 0 Å². The molecule has 0 bridgehead atoms. The van der Waals surface area contributed by atoms with Crippen molar-refractivity contribution in [3.8, 4) is 0 Å². The number of rotatable bonds is 0. The molecule has 0 saturated carbocycles. The molecule has 0 heterocycles. The van der Waals surface area contributed by atoms with E-state index in [2.05, 4.69) is 0 Å². The van der Waals surface area contributed by atoms with E-state index in [1.54, 1.807) is 0 Å². The molecule has 24 valence electrons. The van der Waals surface area contributed by atoms with Gasteiger partial charge in [-0.05, 0) is 0 Å². The van der Waals surface area contributed by atoms with Gasteiger partial charge in [0.25, 0.3) is 0 Å². The third-order valence-electron chi connectivity index (χ3n) is 0. The molecule has 0 aliphatic heterocycles. The van der Waals surface area contributed by atoms with Crippen molar-refractivity contribution in [1.82, 2.24) is 0 Å². The van der Waals surface area contributed by atoms with Crippen molar-refractivity contribution < 1.29 is 7.91 Å². The summed E-state index contributed by atoms with van der Waals surface area (Å²) in [5.74, 6) is 0. The van der Waals surface area contributed by atoms with Crippen LogP contribution in [-0.4, -0.2) is 32.8 Å². The monoisotopic (exact) mass is 186 g/mol. The molecule has 0 aromatic heterocycles. The zero-order valence-corrected chi connectivity index (χ0v) is 5.54. The summed E-state index contributed by atoms with van der Waals surface area (Å²) >= 11 is -2.00. The summed E-state index contributed by atoms with van der Waals surface area (Å²) in [6.45, 7) is 0. The summed E-state index contributed by atoms with van der Waals surface area (Å²) in [6.07, 6.45) is 0. The zero-order valence-electron chi connectivity index (χ0n) is 1.72. The van der Waals surface area contributed by atoms with Crippen molar-refractivity contribution in [2.45, 2.75) is 0 Å². The van der Waals surface area contributed by atoms with Gasteiger partial charge in [0, 0.05) is 0 Å². The summed E-state index contributed by atoms with van der Waals surface area (Å²) < 4.78 is 17.0. The number of hydrogen-bond acceptors (Lipinski definition) is 2. The molecule has 0 unspecified atom stereocenters. The van der Waals surface area contributed by atoms with Gasteiger partial charge in [-0.15, -0.1) is 0 Å². The first-order valence-corrected chi connectivity index (χ1v) is 2.12. The van der Waals surface area contributed by atoms with Crippen LogP contribution in [0.15, 0.2) is 0 Å². The predicted molar refractivity (Wildman–Crippen MR) is 12.2 cm³/mol. The Hall–Kier alpha value is 0.662. The molecule has 0 atom stereocenters. The molecule has 0 amide bonds. The first-order chi connectivity index (χ1) is 1.41. The molecule has 4 heteroatoms. The summed E-state index contributed by atoms with van der Waals surface area (Å²) in [4.78, 5) is 0. The summed E-state index contributed by atoms with van der Waals surface area (Å²) in [5.41, 5.74) is 0. The van der Waals surface area contributed by atoms with Crippen molar-refractivity contribution in [2.75, 3.05) is 0 Å². The molecule has 2 nitrogen and oxygen atoms in total. The Morgan fingerprint density at radius 2 is 1.75 bits per heavy atom. The van der Waals surface area contributed by atoms with Gasteiger partial charge in [0.05, 0.1) is 0 Å². The zero-order chi connectivity index (χ0) is 2.71. The van der Waals surface area contributed by atoms with Crippen LogP contribution in [0.1, 0.15) is 0 Å². The topological polar surface area (TPSA) is 40.1 Å². The van der Waals surface area contributed by atoms with Crippen LogP contribution in [0.5, 0.6) is 0 Å². The van der Waals surface area contributed by atoms with Crippen molar-refractivity contribution in [3.63, 3.8) is 0 Å². The van der Waals surface area contributed by atoms with Gasteiger partial charge in [0.15, 0.2) is 0 Å². The fourth-order valence-electron chi connectivity index (χ4n) is 0. The van der Waals surface area contributed by atoms with Crippen molar-refractivity contribution in [1.29, 1.82) is 0 Å². The van der Waals surface area contributed by atoms with Crippen molar-refractivity contribution in [3.05, 3.63) is 0 Å². The van der Waals surface area contributed by atoms with Crippen LogP contribution in [0, 0.1) is 0 Å². The predicted octanol–water partition coefficient (Wildman–Crippen LogP) is -2.07. The van der Waals surface area contributed by atoms with Crippen LogP contribution in [0.4, 0.5) is 0 Å². The van der Waals surface area contributed by atoms with Crippen molar-refractivity contribution >= 4 is 32.8 Å². The Morgan fingerprint density at radius 1 is 1.75 bits per heavy atom. The van der Waals surface area contributed by atoms with Gasteiger partial charge < -0.3 is 17.1 Å². The van der Waals surface area contributed by atoms with E-state index in [1.807, 2.05) is 0 Å². The average molecular weight is 184 g/mol. The second kappa shape index (κ2) is 9.39. The molecule has 0 rings (SSSR count). The van der Waals surface area contributed by atoms with Gasteiger partial charge in [-0.3, -0.25) is 0 Å². The molecule has 4 heavy (non-hydrogen) atoms. The maximum atomic E-state index is 8.50. The van der Waals surface area contributed by atoms with Crippen LogP contribution < -0.4 is 4.13 Å². The molecule has 0 fully saturated rings. The van der Waals surface area contributed by atoms with Gasteiger partial charge >= 0.3 is 23.6 Å². The summed E-state index contributed by atoms with van der Waals surface area (Å²) in [7, 11) is 0. The molecule has 2 radical (unpaired) electrons. The SMILES string of the molecule is [O]=[Ge][O-].[Se-]. The molecule has 0 aliphatic carbocycles. The quantitative estimate of drug-likeness (QED) is 0.405. The molecule has 0 aliphatic rings. The molecule has 0 saturated heterocycles. The Bertz CT molecular complexity index is 13.5. The van der Waals surface area contributed by atoms with E-state index in [9.17, 15) is 0 Å². The fraction of sp³-hybridized carbons (Fsp3) is 0. The Labute approximate surface area is 41.1 Å². The van der Waals surface area contributed by atoms with Gasteiger partial charge in [-0.2, -0.15) is 0 Å². The third-order valence-corrected chi connectivity index (χ3v) is 0. The van der Waals surface area contributed by atoms with E-state index in [-0.39, 0.29) is 17.1 Å². The number of hydrogen-bond donors (Lipinski definition) is 0. The second-order valence-corrected chi connectivity index (χ2v) is 0.433. The van der Waals surface area contributed by atoms with Crippen LogP contribution in [0.3, 0.4) is 0 Å². The minimum atomic E-state index is -2.00. The summed E-state index contributed by atoms with van der Waals surface area (Å²) in [6, 6.07) is 0. The Kier molecular flexibility index (Phi) is 20.7. The van der Waals surface area contributed by atoms with E-state index in [0.29, 0.717) is 0 Å². The molecule has 0 aromatic carbocycles. The normalized spacial score (nSPS) is 3.00. The molecular weight excluding hydrogens is 184 g/mol. The molecule has 0 N–H and O–H groups in total. The van der Waals surface area contributed by atoms with Gasteiger partial charge in [0.2, 0.25) is 0 Å². The Morgan fingerprint density at radius 3 is 1.75 bits per heavy atom. The van der Waals surface area contributed by atoms with E-state index >= 15 is 0 Å². The van der Waals surface area contributed by atoms with E-state index in [0.717, 1.165) is 0 Å². The maximum Gasteiger partial charge on any atom is -1.00 e. The second-order valence-electron chi connectivity index (χ2n) is 0.0833. The van der Waals surface area contributed by atoms with E-state index in [1.165, 1.54) is 0 Å². The summed E-state index contributed by atoms with van der Waals surface area (Å²) in [5, 5.41) is 0. The van der Waals surface area contributed by atoms with Gasteiger partial charge in [0.1, 0.15) is 0 Å². The van der Waals surface area contributed by atoms with E-state index in [4.69, 9.17) is 7.91 Å². The molecule has 0 spiro atoms. The molecule has 0 aromatic rings. The fourth-order valence-corrected chi connectivity index (χ4v) is 0. The maximum absolute atomic E-state index is 8.50.